The monoisotopic (exact) mass is 223 g/mol. The lowest BCUT2D eigenvalue weighted by Gasteiger charge is -2.32. The van der Waals surface area contributed by atoms with Gasteiger partial charge < -0.3 is 4.90 Å². The number of imide groups is 1. The van der Waals surface area contributed by atoms with E-state index in [1.165, 1.54) is 6.92 Å². The Balaban J connectivity index is 2.86. The van der Waals surface area contributed by atoms with Gasteiger partial charge in [0.05, 0.1) is 6.07 Å². The lowest BCUT2D eigenvalue weighted by Crippen LogP contribution is -2.59. The molecule has 86 valence electrons. The highest BCUT2D eigenvalue weighted by Crippen LogP contribution is 2.12. The summed E-state index contributed by atoms with van der Waals surface area (Å²) < 4.78 is 0. The van der Waals surface area contributed by atoms with Crippen LogP contribution in [0, 0.1) is 17.2 Å². The Morgan fingerprint density at radius 2 is 2.31 bits per heavy atom. The third kappa shape index (κ3) is 2.19. The molecule has 0 aromatic heterocycles. The van der Waals surface area contributed by atoms with E-state index < -0.39 is 29.7 Å². The van der Waals surface area contributed by atoms with Crippen LogP contribution in [0.2, 0.25) is 0 Å². The summed E-state index contributed by atoms with van der Waals surface area (Å²) in [5.74, 6) is -2.26. The number of nitriles is 1. The molecule has 0 aromatic carbocycles. The number of hydrogen-bond donors (Lipinski definition) is 1. The highest BCUT2D eigenvalue weighted by molar-refractivity contribution is 6.04. The fourth-order valence-electron chi connectivity index (χ4n) is 1.50. The molecule has 0 bridgehead atoms. The molecule has 2 atom stereocenters. The van der Waals surface area contributed by atoms with E-state index in [4.69, 9.17) is 5.26 Å². The molecule has 0 saturated carbocycles. The fraction of sp³-hybridized carbons (Fsp3) is 0.600. The van der Waals surface area contributed by atoms with Gasteiger partial charge in [-0.1, -0.05) is 6.92 Å². The number of nitrogens with zero attached hydrogens (tertiary/aromatic N) is 2. The van der Waals surface area contributed by atoms with Gasteiger partial charge >= 0.3 is 0 Å². The van der Waals surface area contributed by atoms with E-state index >= 15 is 0 Å². The maximum atomic E-state index is 11.8. The van der Waals surface area contributed by atoms with Crippen LogP contribution in [0.3, 0.4) is 0 Å². The molecule has 1 aliphatic rings. The molecule has 0 spiro atoms. The maximum absolute atomic E-state index is 11.8. The van der Waals surface area contributed by atoms with Crippen molar-refractivity contribution in [2.24, 2.45) is 5.92 Å². The number of amides is 3. The van der Waals surface area contributed by atoms with Crippen molar-refractivity contribution in [1.82, 2.24) is 10.2 Å². The molecule has 1 N–H and O–H groups in total. The fourth-order valence-corrected chi connectivity index (χ4v) is 1.50. The molecule has 6 heteroatoms. The smallest absolute Gasteiger partial charge is 0.249 e. The predicted molar refractivity (Wildman–Crippen MR) is 53.7 cm³/mol. The first kappa shape index (κ1) is 12.2. The molecule has 0 aromatic rings. The van der Waals surface area contributed by atoms with Gasteiger partial charge in [-0.15, -0.1) is 0 Å². The molecule has 16 heavy (non-hydrogen) atoms. The van der Waals surface area contributed by atoms with Crippen LogP contribution in [0.15, 0.2) is 0 Å². The van der Waals surface area contributed by atoms with Crippen molar-refractivity contribution in [2.75, 3.05) is 6.54 Å². The second-order valence-corrected chi connectivity index (χ2v) is 3.64. The minimum Gasteiger partial charge on any atom is -0.320 e. The second-order valence-electron chi connectivity index (χ2n) is 3.64. The summed E-state index contributed by atoms with van der Waals surface area (Å²) in [5, 5.41) is 10.9. The number of hydrogen-bond acceptors (Lipinski definition) is 4. The van der Waals surface area contributed by atoms with Crippen LogP contribution in [0.5, 0.6) is 0 Å². The topological polar surface area (TPSA) is 90.3 Å². The third-order valence-corrected chi connectivity index (χ3v) is 2.57. The van der Waals surface area contributed by atoms with E-state index in [1.807, 2.05) is 6.07 Å². The second kappa shape index (κ2) is 4.75. The summed E-state index contributed by atoms with van der Waals surface area (Å²) in [5.41, 5.74) is 0. The molecule has 1 heterocycles. The lowest BCUT2D eigenvalue weighted by molar-refractivity contribution is -0.150. The van der Waals surface area contributed by atoms with E-state index in [1.54, 1.807) is 6.92 Å². The standard InChI is InChI=1S/C10H13N3O3/c1-3-7(4-11)10(16)13-5-8(14)12-9(15)6(13)2/h6-7H,3,5H2,1-2H3,(H,12,14,15). The number of rotatable bonds is 2. The quantitative estimate of drug-likeness (QED) is 0.633. The Bertz CT molecular complexity index is 372. The molecule has 1 rings (SSSR count). The van der Waals surface area contributed by atoms with Crippen molar-refractivity contribution in [1.29, 1.82) is 5.26 Å². The summed E-state index contributed by atoms with van der Waals surface area (Å²) >= 11 is 0. The summed E-state index contributed by atoms with van der Waals surface area (Å²) in [4.78, 5) is 35.4. The Hall–Kier alpha value is -1.90. The van der Waals surface area contributed by atoms with Gasteiger partial charge in [-0.3, -0.25) is 19.7 Å². The molecule has 1 aliphatic heterocycles. The van der Waals surface area contributed by atoms with E-state index in [2.05, 4.69) is 5.32 Å². The first-order chi connectivity index (χ1) is 7.51. The van der Waals surface area contributed by atoms with Crippen LogP contribution in [0.4, 0.5) is 0 Å². The van der Waals surface area contributed by atoms with Crippen molar-refractivity contribution < 1.29 is 14.4 Å². The Labute approximate surface area is 93.2 Å². The van der Waals surface area contributed by atoms with Gasteiger partial charge in [-0.05, 0) is 13.3 Å². The lowest BCUT2D eigenvalue weighted by atomic mass is 10.0. The maximum Gasteiger partial charge on any atom is 0.249 e. The molecular weight excluding hydrogens is 210 g/mol. The van der Waals surface area contributed by atoms with Gasteiger partial charge in [0, 0.05) is 0 Å². The SMILES string of the molecule is CCC(C#N)C(=O)N1CC(=O)NC(=O)C1C. The van der Waals surface area contributed by atoms with Crippen LogP contribution < -0.4 is 5.32 Å². The van der Waals surface area contributed by atoms with Gasteiger partial charge in [0.2, 0.25) is 17.7 Å². The zero-order valence-corrected chi connectivity index (χ0v) is 9.19. The molecule has 6 nitrogen and oxygen atoms in total. The largest absolute Gasteiger partial charge is 0.320 e. The first-order valence-corrected chi connectivity index (χ1v) is 5.05. The third-order valence-electron chi connectivity index (χ3n) is 2.57. The molecule has 0 aliphatic carbocycles. The van der Waals surface area contributed by atoms with Gasteiger partial charge in [0.1, 0.15) is 18.5 Å². The van der Waals surface area contributed by atoms with Crippen LogP contribution in [-0.2, 0) is 14.4 Å². The normalized spacial score (nSPS) is 22.3. The number of carbonyl (C=O) groups excluding carboxylic acids is 3. The average Bonchev–Trinajstić information content (AvgIpc) is 2.24. The van der Waals surface area contributed by atoms with Crippen molar-refractivity contribution in [2.45, 2.75) is 26.3 Å². The molecule has 2 unspecified atom stereocenters. The van der Waals surface area contributed by atoms with Gasteiger partial charge in [-0.25, -0.2) is 0 Å². The van der Waals surface area contributed by atoms with Gasteiger partial charge in [-0.2, -0.15) is 5.26 Å². The summed E-state index contributed by atoms with van der Waals surface area (Å²) in [6.45, 7) is 3.08. The highest BCUT2D eigenvalue weighted by atomic mass is 16.2. The highest BCUT2D eigenvalue weighted by Gasteiger charge is 2.35. The van der Waals surface area contributed by atoms with E-state index in [-0.39, 0.29) is 6.54 Å². The minimum atomic E-state index is -0.791. The van der Waals surface area contributed by atoms with E-state index in [0.29, 0.717) is 6.42 Å². The zero-order chi connectivity index (χ0) is 12.3. The molecule has 3 amide bonds. The van der Waals surface area contributed by atoms with Crippen LogP contribution in [-0.4, -0.2) is 35.2 Å². The number of nitrogens with one attached hydrogen (secondary N) is 1. The number of carbonyl (C=O) groups is 3. The van der Waals surface area contributed by atoms with Crippen LogP contribution >= 0.6 is 0 Å². The summed E-state index contributed by atoms with van der Waals surface area (Å²) in [7, 11) is 0. The minimum absolute atomic E-state index is 0.163. The molecule has 1 fully saturated rings. The van der Waals surface area contributed by atoms with Crippen molar-refractivity contribution in [3.63, 3.8) is 0 Å². The van der Waals surface area contributed by atoms with E-state index in [9.17, 15) is 14.4 Å². The molecule has 0 radical (unpaired) electrons. The van der Waals surface area contributed by atoms with Gasteiger partial charge in [0.15, 0.2) is 0 Å². The zero-order valence-electron chi connectivity index (χ0n) is 9.19. The Kier molecular flexibility index (Phi) is 3.61. The van der Waals surface area contributed by atoms with Crippen LogP contribution in [0.1, 0.15) is 20.3 Å². The molecule has 1 saturated heterocycles. The average molecular weight is 223 g/mol. The van der Waals surface area contributed by atoms with Crippen LogP contribution in [0.25, 0.3) is 0 Å². The Morgan fingerprint density at radius 1 is 1.69 bits per heavy atom. The molecular formula is C10H13N3O3. The van der Waals surface area contributed by atoms with Crippen molar-refractivity contribution >= 4 is 17.7 Å². The summed E-state index contributed by atoms with van der Waals surface area (Å²) in [6.07, 6.45) is 0.369. The number of piperazine rings is 1. The first-order valence-electron chi connectivity index (χ1n) is 5.05. The predicted octanol–water partition coefficient (Wildman–Crippen LogP) is -0.590. The summed E-state index contributed by atoms with van der Waals surface area (Å²) in [6, 6.07) is 1.16. The van der Waals surface area contributed by atoms with E-state index in [0.717, 1.165) is 4.90 Å². The van der Waals surface area contributed by atoms with Gasteiger partial charge in [0.25, 0.3) is 0 Å². The van der Waals surface area contributed by atoms with Crippen molar-refractivity contribution in [3.8, 4) is 6.07 Å². The Morgan fingerprint density at radius 3 is 2.81 bits per heavy atom. The van der Waals surface area contributed by atoms with Crippen molar-refractivity contribution in [3.05, 3.63) is 0 Å².